The van der Waals surface area contributed by atoms with Crippen molar-refractivity contribution in [2.75, 3.05) is 79.1 Å². The van der Waals surface area contributed by atoms with Gasteiger partial charge in [-0.05, 0) is 130 Å². The Morgan fingerprint density at radius 3 is 1.01 bits per heavy atom. The van der Waals surface area contributed by atoms with Crippen LogP contribution in [-0.4, -0.2) is 105 Å². The third-order valence-electron chi connectivity index (χ3n) is 22.0. The zero-order valence-electron chi connectivity index (χ0n) is 73.7. The summed E-state index contributed by atoms with van der Waals surface area (Å²) in [7, 11) is 1.66. The number of aryl methyl sites for hydroxylation is 2. The van der Waals surface area contributed by atoms with Crippen molar-refractivity contribution in [2.24, 2.45) is 23.7 Å². The van der Waals surface area contributed by atoms with E-state index in [0.29, 0.717) is 34.5 Å². The van der Waals surface area contributed by atoms with Crippen LogP contribution in [0.3, 0.4) is 0 Å². The number of unbranched alkanes of at least 4 members (excludes halogenated alkanes) is 16. The Morgan fingerprint density at radius 2 is 0.664 bits per heavy atom. The van der Waals surface area contributed by atoms with Gasteiger partial charge in [-0.1, -0.05) is 345 Å². The number of aromatic nitrogens is 4. The minimum atomic E-state index is 0.293. The van der Waals surface area contributed by atoms with Gasteiger partial charge in [0.15, 0.2) is 45.7 Å². The van der Waals surface area contributed by atoms with Gasteiger partial charge in [0.25, 0.3) is 0 Å². The molecule has 0 amide bonds. The first-order chi connectivity index (χ1) is 55.0. The highest BCUT2D eigenvalue weighted by Crippen LogP contribution is 2.39. The lowest BCUT2D eigenvalue weighted by molar-refractivity contribution is 0.111. The molecule has 7 aromatic rings. The van der Waals surface area contributed by atoms with Crippen LogP contribution >= 0.6 is 45.3 Å². The quantitative estimate of drug-likeness (QED) is 0.0264. The Kier molecular flexibility index (Phi) is 52.2. The highest BCUT2D eigenvalue weighted by Gasteiger charge is 2.27. The first-order valence-corrected chi connectivity index (χ1v) is 47.9. The van der Waals surface area contributed by atoms with E-state index in [-0.39, 0.29) is 0 Å². The first kappa shape index (κ1) is 99.2. The number of benzene rings is 3. The maximum atomic E-state index is 11.9. The SMILES string of the molecule is CCCCC(CC)CN(CC(CC)CCCC)c1nc(-c2ccc(OC)cc2)c(C=O)s1.CCCCC(CC)CN(CC(CC)CCCC)c1nc(C(C)C)c(C=O)s1.CCCCCCCCN(CCCCCCCC)c1nc(-c2ccccc2)c(C=O)s1.CCCCN(CCCC)c1nc(-c2c(C)cccc2C)c(C=O)s1. The lowest BCUT2D eigenvalue weighted by atomic mass is 9.96. The van der Waals surface area contributed by atoms with Crippen LogP contribution in [0.25, 0.3) is 33.8 Å². The van der Waals surface area contributed by atoms with E-state index in [2.05, 4.69) is 149 Å². The fourth-order valence-electron chi connectivity index (χ4n) is 14.5. The molecule has 13 nitrogen and oxygen atoms in total. The van der Waals surface area contributed by atoms with Gasteiger partial charge in [0.2, 0.25) is 0 Å². The van der Waals surface area contributed by atoms with Crippen LogP contribution in [0.2, 0.25) is 0 Å². The molecule has 17 heteroatoms. The number of methoxy groups -OCH3 is 1. The Labute approximate surface area is 703 Å². The summed E-state index contributed by atoms with van der Waals surface area (Å²) < 4.78 is 5.29. The van der Waals surface area contributed by atoms with E-state index in [1.54, 1.807) is 41.1 Å². The molecule has 0 bridgehead atoms. The predicted octanol–water partition coefficient (Wildman–Crippen LogP) is 29.0. The third kappa shape index (κ3) is 35.3. The highest BCUT2D eigenvalue weighted by molar-refractivity contribution is 7.18. The average molecular weight is 1630 g/mol. The van der Waals surface area contributed by atoms with E-state index >= 15 is 0 Å². The summed E-state index contributed by atoms with van der Waals surface area (Å²) in [6.45, 7) is 43.9. The summed E-state index contributed by atoms with van der Waals surface area (Å²) in [6, 6.07) is 24.1. The number of carbonyl (C=O) groups excluding carboxylic acids is 4. The van der Waals surface area contributed by atoms with Crippen molar-refractivity contribution < 1.29 is 23.9 Å². The van der Waals surface area contributed by atoms with Crippen LogP contribution in [0, 0.1) is 37.5 Å². The van der Waals surface area contributed by atoms with Gasteiger partial charge in [-0.15, -0.1) is 0 Å². The topological polar surface area (TPSA) is 142 Å². The largest absolute Gasteiger partial charge is 0.497 e. The Bertz CT molecular complexity index is 3540. The molecule has 7 rings (SSSR count). The second kappa shape index (κ2) is 59.5. The van der Waals surface area contributed by atoms with Gasteiger partial charge in [0.05, 0.1) is 49.4 Å². The minimum Gasteiger partial charge on any atom is -0.497 e. The van der Waals surface area contributed by atoms with Crippen LogP contribution in [-0.2, 0) is 0 Å². The highest BCUT2D eigenvalue weighted by atomic mass is 32.1. The zero-order valence-corrected chi connectivity index (χ0v) is 76.9. The summed E-state index contributed by atoms with van der Waals surface area (Å²) in [5, 5.41) is 4.04. The fourth-order valence-corrected chi connectivity index (χ4v) is 18.4. The molecule has 0 spiro atoms. The van der Waals surface area contributed by atoms with E-state index in [9.17, 15) is 19.2 Å². The van der Waals surface area contributed by atoms with Crippen molar-refractivity contribution in [1.29, 1.82) is 0 Å². The van der Waals surface area contributed by atoms with Gasteiger partial charge in [0, 0.05) is 69.0 Å². The summed E-state index contributed by atoms with van der Waals surface area (Å²) >= 11 is 6.22. The zero-order chi connectivity index (χ0) is 82.6. The molecule has 3 aromatic carbocycles. The molecule has 0 aliphatic carbocycles. The number of thiazole rings is 4. The standard InChI is InChI=1S/C27H42N2O2S.C26H40N2OS.C23H42N2OS.C20H28N2OS/c1-6-10-12-21(8-3)18-29(19-22(9-4)13-11-7-2)27-28-26(25(20-30)32-27)23-14-16-24(31-5)17-15-23;1-3-5-7-9-11-16-20-28(21-17-12-10-8-6-4-2)26-27-25(24(22-29)30-26)23-18-14-13-15-19-23;1-7-11-13-19(9-3)15-25(16-20(10-4)14-12-8-2)23-24-22(18(5)6)21(17-26)27-23;1-5-7-12-22(13-8-6-2)20-21-19(17(14-23)24-20)18-15(3)10-9-11-16(18)4/h14-17,20-22H,6-13,18-19H2,1-5H3;13-15,18-19,22H,3-12,16-17,20-21H2,1-2H3;17-20H,7-16H2,1-6H3;9-11,14H,5-8,12-13H2,1-4H3. The summed E-state index contributed by atoms with van der Waals surface area (Å²) in [6.07, 6.45) is 44.1. The number of ether oxygens (including phenoxy) is 1. The Balaban J connectivity index is 0.000000319. The average Bonchev–Trinajstić information content (AvgIpc) is 1.68. The normalized spacial score (nSPS) is 12.2. The molecular formula is C96H152N8O5S4. The molecule has 0 radical (unpaired) electrons. The molecule has 0 aliphatic rings. The number of hydrogen-bond acceptors (Lipinski definition) is 17. The number of nitrogens with zero attached hydrogens (tertiary/aromatic N) is 8. The summed E-state index contributed by atoms with van der Waals surface area (Å²) in [5.41, 5.74) is 8.88. The molecule has 4 atom stereocenters. The van der Waals surface area contributed by atoms with Crippen molar-refractivity contribution >= 4 is 91.0 Å². The van der Waals surface area contributed by atoms with E-state index in [1.165, 1.54) is 202 Å². The smallest absolute Gasteiger partial charge is 0.186 e. The maximum absolute atomic E-state index is 11.9. The van der Waals surface area contributed by atoms with Gasteiger partial charge >= 0.3 is 0 Å². The third-order valence-corrected chi connectivity index (χ3v) is 26.2. The minimum absolute atomic E-state index is 0.293. The fraction of sp³-hybridized carbons (Fsp3) is 0.646. The second-order valence-electron chi connectivity index (χ2n) is 31.6. The molecule has 4 aromatic heterocycles. The number of anilines is 4. The maximum Gasteiger partial charge on any atom is 0.186 e. The molecule has 113 heavy (non-hydrogen) atoms. The predicted molar refractivity (Wildman–Crippen MR) is 495 cm³/mol. The van der Waals surface area contributed by atoms with E-state index in [0.717, 1.165) is 184 Å². The Hall–Kier alpha value is -6.14. The number of hydrogen-bond donors (Lipinski definition) is 0. The van der Waals surface area contributed by atoms with Crippen molar-refractivity contribution in [3.8, 4) is 39.5 Å². The van der Waals surface area contributed by atoms with Gasteiger partial charge in [-0.25, -0.2) is 19.9 Å². The molecule has 0 N–H and O–H groups in total. The number of rotatable bonds is 57. The molecule has 630 valence electrons. The second-order valence-corrected chi connectivity index (χ2v) is 35.6. The molecule has 0 aliphatic heterocycles. The molecule has 0 saturated carbocycles. The lowest BCUT2D eigenvalue weighted by Gasteiger charge is -2.30. The summed E-state index contributed by atoms with van der Waals surface area (Å²) in [5.74, 6) is 3.83. The van der Waals surface area contributed by atoms with Crippen LogP contribution in [0.15, 0.2) is 72.8 Å². The van der Waals surface area contributed by atoms with E-state index in [4.69, 9.17) is 24.7 Å². The molecule has 0 saturated heterocycles. The monoisotopic (exact) mass is 1630 g/mol. The van der Waals surface area contributed by atoms with E-state index < -0.39 is 0 Å². The van der Waals surface area contributed by atoms with Crippen LogP contribution in [0.4, 0.5) is 20.5 Å². The molecule has 4 heterocycles. The van der Waals surface area contributed by atoms with Gasteiger partial charge in [-0.2, -0.15) is 0 Å². The van der Waals surface area contributed by atoms with Gasteiger partial charge < -0.3 is 24.3 Å². The molecule has 0 fully saturated rings. The van der Waals surface area contributed by atoms with Crippen molar-refractivity contribution in [3.63, 3.8) is 0 Å². The van der Waals surface area contributed by atoms with Crippen molar-refractivity contribution in [1.82, 2.24) is 19.9 Å². The Morgan fingerprint density at radius 1 is 0.345 bits per heavy atom. The molecular weight excluding hydrogens is 1470 g/mol. The van der Waals surface area contributed by atoms with Crippen LogP contribution < -0.4 is 24.3 Å². The number of carbonyl (C=O) groups is 4. The van der Waals surface area contributed by atoms with Gasteiger partial charge in [0.1, 0.15) is 5.75 Å². The molecule has 4 unspecified atom stereocenters. The van der Waals surface area contributed by atoms with E-state index in [1.807, 2.05) is 54.6 Å². The summed E-state index contributed by atoms with van der Waals surface area (Å²) in [4.78, 5) is 79.4. The van der Waals surface area contributed by atoms with Crippen LogP contribution in [0.5, 0.6) is 5.75 Å². The van der Waals surface area contributed by atoms with Gasteiger partial charge in [-0.3, -0.25) is 19.2 Å². The van der Waals surface area contributed by atoms with Crippen LogP contribution in [0.1, 0.15) is 364 Å². The first-order valence-electron chi connectivity index (χ1n) is 44.6. The lowest BCUT2D eigenvalue weighted by Crippen LogP contribution is -2.34. The van der Waals surface area contributed by atoms with Crippen molar-refractivity contribution in [2.45, 2.75) is 322 Å². The number of aldehydes is 4. The van der Waals surface area contributed by atoms with Crippen molar-refractivity contribution in [3.05, 3.63) is 109 Å².